The topological polar surface area (TPSA) is 77.8 Å². The summed E-state index contributed by atoms with van der Waals surface area (Å²) in [6.07, 6.45) is 11.1. The summed E-state index contributed by atoms with van der Waals surface area (Å²) >= 11 is 0. The fourth-order valence-corrected chi connectivity index (χ4v) is 8.84. The Labute approximate surface area is 200 Å². The molecule has 186 valence electrons. The molecular formula is C29H46O4. The molecule has 0 aromatic rings. The third kappa shape index (κ3) is 3.53. The number of hydrogen-bond acceptors (Lipinski definition) is 4. The highest BCUT2D eigenvalue weighted by Gasteiger charge is 2.67. The summed E-state index contributed by atoms with van der Waals surface area (Å²) in [6, 6.07) is 0. The van der Waals surface area contributed by atoms with Crippen LogP contribution in [-0.4, -0.2) is 39.9 Å². The third-order valence-electron chi connectivity index (χ3n) is 11.5. The van der Waals surface area contributed by atoms with Gasteiger partial charge in [0.1, 0.15) is 5.78 Å². The molecule has 0 bridgehead atoms. The first-order chi connectivity index (χ1) is 15.3. The van der Waals surface area contributed by atoms with Gasteiger partial charge in [-0.15, -0.1) is 0 Å². The standard InChI is InChI=1S/C29H46O4/c1-18(19(2)31)7-8-20-11-13-28(5)21(15-20)9-10-24-26(3)16-22(32)25(33)27(4,17-30)23(26)12-14-29(24,28)6/h9,15,18,22-25,30,32-33H,7-8,10-14,16-17H2,1-6H3/t18-,22+,23+,24+,25-,26-,27-,28+,29+/m0/s1. The summed E-state index contributed by atoms with van der Waals surface area (Å²) < 4.78 is 0. The van der Waals surface area contributed by atoms with Crippen LogP contribution in [0.15, 0.2) is 23.3 Å². The maximum Gasteiger partial charge on any atom is 0.132 e. The van der Waals surface area contributed by atoms with Crippen LogP contribution in [0.1, 0.15) is 92.9 Å². The Morgan fingerprint density at radius 2 is 1.85 bits per heavy atom. The number of hydrogen-bond donors (Lipinski definition) is 3. The van der Waals surface area contributed by atoms with E-state index in [1.165, 1.54) is 11.1 Å². The largest absolute Gasteiger partial charge is 0.396 e. The van der Waals surface area contributed by atoms with Gasteiger partial charge in [0.25, 0.3) is 0 Å². The second-order valence-corrected chi connectivity index (χ2v) is 13.0. The zero-order valence-electron chi connectivity index (χ0n) is 21.7. The highest BCUT2D eigenvalue weighted by molar-refractivity contribution is 5.77. The Kier molecular flexibility index (Phi) is 6.33. The summed E-state index contributed by atoms with van der Waals surface area (Å²) in [4.78, 5) is 11.7. The smallest absolute Gasteiger partial charge is 0.132 e. The minimum absolute atomic E-state index is 0.0853. The summed E-state index contributed by atoms with van der Waals surface area (Å²) in [5.41, 5.74) is 2.39. The van der Waals surface area contributed by atoms with E-state index in [2.05, 4.69) is 32.9 Å². The molecule has 0 spiro atoms. The molecule has 0 amide bonds. The molecule has 0 heterocycles. The van der Waals surface area contributed by atoms with Crippen molar-refractivity contribution in [3.8, 4) is 0 Å². The molecule has 0 aromatic heterocycles. The second kappa shape index (κ2) is 8.31. The molecule has 4 aliphatic carbocycles. The number of aliphatic hydroxyl groups is 3. The van der Waals surface area contributed by atoms with E-state index < -0.39 is 17.6 Å². The first-order valence-corrected chi connectivity index (χ1v) is 13.2. The number of fused-ring (bicyclic) bond motifs is 5. The molecule has 9 atom stereocenters. The van der Waals surface area contributed by atoms with Gasteiger partial charge in [0, 0.05) is 11.3 Å². The molecule has 4 heteroatoms. The Hall–Kier alpha value is -0.970. The number of rotatable bonds is 5. The normalized spacial score (nSPS) is 48.0. The fraction of sp³-hybridized carbons (Fsp3) is 0.828. The molecule has 0 aliphatic heterocycles. The summed E-state index contributed by atoms with van der Waals surface area (Å²) in [5, 5.41) is 32.1. The first kappa shape index (κ1) is 25.1. The Morgan fingerprint density at radius 3 is 2.48 bits per heavy atom. The molecule has 4 nitrogen and oxygen atoms in total. The van der Waals surface area contributed by atoms with Crippen molar-refractivity contribution in [3.05, 3.63) is 23.3 Å². The zero-order valence-corrected chi connectivity index (χ0v) is 21.7. The van der Waals surface area contributed by atoms with Gasteiger partial charge in [0.05, 0.1) is 18.8 Å². The van der Waals surface area contributed by atoms with Crippen molar-refractivity contribution in [2.45, 2.75) is 105 Å². The number of carbonyl (C=O) groups is 1. The molecule has 4 rings (SSSR count). The highest BCUT2D eigenvalue weighted by atomic mass is 16.3. The van der Waals surface area contributed by atoms with E-state index in [9.17, 15) is 20.1 Å². The predicted octanol–water partition coefficient (Wildman–Crippen LogP) is 5.21. The van der Waals surface area contributed by atoms with Crippen LogP contribution in [0.25, 0.3) is 0 Å². The van der Waals surface area contributed by atoms with Crippen LogP contribution in [0, 0.1) is 39.4 Å². The summed E-state index contributed by atoms with van der Waals surface area (Å²) in [5.74, 6) is 1.03. The van der Waals surface area contributed by atoms with Gasteiger partial charge in [-0.1, -0.05) is 52.3 Å². The van der Waals surface area contributed by atoms with E-state index >= 15 is 0 Å². The van der Waals surface area contributed by atoms with Crippen molar-refractivity contribution in [3.63, 3.8) is 0 Å². The monoisotopic (exact) mass is 458 g/mol. The van der Waals surface area contributed by atoms with Gasteiger partial charge in [-0.05, 0) is 91.9 Å². The molecule has 0 aromatic carbocycles. The van der Waals surface area contributed by atoms with E-state index in [1.807, 2.05) is 13.8 Å². The lowest BCUT2D eigenvalue weighted by molar-refractivity contribution is -0.239. The zero-order chi connectivity index (χ0) is 24.4. The van der Waals surface area contributed by atoms with Crippen molar-refractivity contribution in [2.75, 3.05) is 6.61 Å². The van der Waals surface area contributed by atoms with Crippen LogP contribution in [0.5, 0.6) is 0 Å². The Balaban J connectivity index is 1.66. The molecule has 2 fully saturated rings. The Bertz CT molecular complexity index is 860. The maximum absolute atomic E-state index is 11.7. The number of allylic oxidation sites excluding steroid dienone is 4. The lowest BCUT2D eigenvalue weighted by Gasteiger charge is -2.69. The SMILES string of the molecule is CC(=O)[C@@H](C)CCC1=CC2=CC[C@@H]3[C@@]4(C)C[C@@H](O)[C@H](O)[C@@](C)(CO)[C@@H]4CC[C@@]3(C)[C@]2(C)CC1. The molecule has 2 saturated carbocycles. The van der Waals surface area contributed by atoms with Crippen LogP contribution in [0.2, 0.25) is 0 Å². The van der Waals surface area contributed by atoms with Crippen molar-refractivity contribution >= 4 is 5.78 Å². The van der Waals surface area contributed by atoms with Crippen LogP contribution >= 0.6 is 0 Å². The number of Topliss-reactive ketones (excluding diaryl/α,β-unsaturated/α-hetero) is 1. The van der Waals surface area contributed by atoms with Crippen LogP contribution in [0.3, 0.4) is 0 Å². The summed E-state index contributed by atoms with van der Waals surface area (Å²) in [6.45, 7) is 12.9. The molecule has 3 N–H and O–H groups in total. The minimum atomic E-state index is -0.868. The van der Waals surface area contributed by atoms with Crippen molar-refractivity contribution in [2.24, 2.45) is 39.4 Å². The predicted molar refractivity (Wildman–Crippen MR) is 131 cm³/mol. The summed E-state index contributed by atoms with van der Waals surface area (Å²) in [7, 11) is 0. The minimum Gasteiger partial charge on any atom is -0.396 e. The van der Waals surface area contributed by atoms with Crippen LogP contribution in [0.4, 0.5) is 0 Å². The second-order valence-electron chi connectivity index (χ2n) is 13.0. The van der Waals surface area contributed by atoms with E-state index in [4.69, 9.17) is 0 Å². The average Bonchev–Trinajstić information content (AvgIpc) is 2.76. The average molecular weight is 459 g/mol. The molecular weight excluding hydrogens is 412 g/mol. The molecule has 33 heavy (non-hydrogen) atoms. The van der Waals surface area contributed by atoms with Crippen molar-refractivity contribution in [1.29, 1.82) is 0 Å². The first-order valence-electron chi connectivity index (χ1n) is 13.2. The van der Waals surface area contributed by atoms with Gasteiger partial charge in [0.2, 0.25) is 0 Å². The Morgan fingerprint density at radius 1 is 1.15 bits per heavy atom. The quantitative estimate of drug-likeness (QED) is 0.528. The van der Waals surface area contributed by atoms with Crippen LogP contribution in [-0.2, 0) is 4.79 Å². The van der Waals surface area contributed by atoms with Gasteiger partial charge in [-0.3, -0.25) is 4.79 Å². The molecule has 0 radical (unpaired) electrons. The lowest BCUT2D eigenvalue weighted by atomic mass is 9.35. The van der Waals surface area contributed by atoms with Gasteiger partial charge in [0.15, 0.2) is 0 Å². The van der Waals surface area contributed by atoms with E-state index in [-0.39, 0.29) is 40.5 Å². The van der Waals surface area contributed by atoms with Crippen molar-refractivity contribution < 1.29 is 20.1 Å². The van der Waals surface area contributed by atoms with Crippen LogP contribution < -0.4 is 0 Å². The van der Waals surface area contributed by atoms with Gasteiger partial charge in [-0.25, -0.2) is 0 Å². The molecule has 0 saturated heterocycles. The van der Waals surface area contributed by atoms with E-state index in [0.29, 0.717) is 12.3 Å². The number of ketones is 1. The lowest BCUT2D eigenvalue weighted by Crippen LogP contribution is -2.67. The van der Waals surface area contributed by atoms with Gasteiger partial charge >= 0.3 is 0 Å². The number of carbonyl (C=O) groups excluding carboxylic acids is 1. The molecule has 4 aliphatic rings. The van der Waals surface area contributed by atoms with Crippen molar-refractivity contribution in [1.82, 2.24) is 0 Å². The highest BCUT2D eigenvalue weighted by Crippen LogP contribution is 2.72. The fourth-order valence-electron chi connectivity index (χ4n) is 8.84. The number of aliphatic hydroxyl groups excluding tert-OH is 3. The van der Waals surface area contributed by atoms with E-state index in [1.54, 1.807) is 6.92 Å². The van der Waals surface area contributed by atoms with Gasteiger partial charge < -0.3 is 15.3 Å². The third-order valence-corrected chi connectivity index (χ3v) is 11.5. The van der Waals surface area contributed by atoms with Gasteiger partial charge in [-0.2, -0.15) is 0 Å². The maximum atomic E-state index is 11.7. The van der Waals surface area contributed by atoms with E-state index in [0.717, 1.165) is 44.9 Å². The molecule has 0 unspecified atom stereocenters.